The Balaban J connectivity index is 2.38. The maximum absolute atomic E-state index is 6.07. The van der Waals surface area contributed by atoms with Crippen LogP contribution in [0, 0.1) is 6.92 Å². The average Bonchev–Trinajstić information content (AvgIpc) is 2.46. The van der Waals surface area contributed by atoms with Gasteiger partial charge in [0.25, 0.3) is 0 Å². The molecule has 2 rings (SSSR count). The molecule has 0 amide bonds. The van der Waals surface area contributed by atoms with Crippen molar-refractivity contribution in [2.75, 3.05) is 13.7 Å². The lowest BCUT2D eigenvalue weighted by Gasteiger charge is -2.11. The standard InChI is InChI=1S/C16H19ClN2O/c1-4-18-10-12-5-7-15(19-11(12)2)14-9-13(17)6-8-16(14)20-3/h5-9,18H,4,10H2,1-3H3. The second-order valence-electron chi connectivity index (χ2n) is 4.57. The molecule has 0 spiro atoms. The molecule has 1 N–H and O–H groups in total. The van der Waals surface area contributed by atoms with Crippen molar-refractivity contribution in [3.63, 3.8) is 0 Å². The number of rotatable bonds is 5. The number of hydrogen-bond donors (Lipinski definition) is 1. The monoisotopic (exact) mass is 290 g/mol. The van der Waals surface area contributed by atoms with E-state index >= 15 is 0 Å². The van der Waals surface area contributed by atoms with Gasteiger partial charge in [-0.3, -0.25) is 4.98 Å². The molecule has 0 unspecified atom stereocenters. The fourth-order valence-electron chi connectivity index (χ4n) is 2.07. The van der Waals surface area contributed by atoms with E-state index in [9.17, 15) is 0 Å². The summed E-state index contributed by atoms with van der Waals surface area (Å²) in [5.41, 5.74) is 4.02. The lowest BCUT2D eigenvalue weighted by molar-refractivity contribution is 0.416. The molecule has 0 fully saturated rings. The predicted octanol–water partition coefficient (Wildman–Crippen LogP) is 3.83. The summed E-state index contributed by atoms with van der Waals surface area (Å²) in [6, 6.07) is 9.66. The minimum Gasteiger partial charge on any atom is -0.496 e. The number of hydrogen-bond acceptors (Lipinski definition) is 3. The summed E-state index contributed by atoms with van der Waals surface area (Å²) in [5, 5.41) is 3.99. The Labute approximate surface area is 124 Å². The van der Waals surface area contributed by atoms with Gasteiger partial charge in [-0.25, -0.2) is 0 Å². The molecule has 0 atom stereocenters. The summed E-state index contributed by atoms with van der Waals surface area (Å²) < 4.78 is 5.38. The smallest absolute Gasteiger partial charge is 0.128 e. The molecule has 0 aliphatic rings. The third-order valence-electron chi connectivity index (χ3n) is 3.20. The molecule has 2 aromatic rings. The van der Waals surface area contributed by atoms with E-state index in [0.29, 0.717) is 5.02 Å². The molecular weight excluding hydrogens is 272 g/mol. The van der Waals surface area contributed by atoms with Crippen molar-refractivity contribution >= 4 is 11.6 Å². The summed E-state index contributed by atoms with van der Waals surface area (Å²) in [4.78, 5) is 4.67. The normalized spacial score (nSPS) is 10.6. The summed E-state index contributed by atoms with van der Waals surface area (Å²) in [7, 11) is 1.65. The van der Waals surface area contributed by atoms with Crippen molar-refractivity contribution < 1.29 is 4.74 Å². The Hall–Kier alpha value is -1.58. The first-order valence-corrected chi connectivity index (χ1v) is 7.04. The SMILES string of the molecule is CCNCc1ccc(-c2cc(Cl)ccc2OC)nc1C. The van der Waals surface area contributed by atoms with Gasteiger partial charge in [-0.2, -0.15) is 0 Å². The van der Waals surface area contributed by atoms with E-state index in [0.717, 1.165) is 35.8 Å². The first-order valence-electron chi connectivity index (χ1n) is 6.67. The Bertz CT molecular complexity index is 599. The minimum absolute atomic E-state index is 0.678. The van der Waals surface area contributed by atoms with Crippen molar-refractivity contribution in [2.24, 2.45) is 0 Å². The second-order valence-corrected chi connectivity index (χ2v) is 5.00. The molecule has 0 radical (unpaired) electrons. The van der Waals surface area contributed by atoms with E-state index in [1.807, 2.05) is 31.2 Å². The molecule has 3 nitrogen and oxygen atoms in total. The van der Waals surface area contributed by atoms with E-state index in [1.54, 1.807) is 7.11 Å². The number of methoxy groups -OCH3 is 1. The average molecular weight is 291 g/mol. The summed E-state index contributed by atoms with van der Waals surface area (Å²) in [6.45, 7) is 5.90. The third kappa shape index (κ3) is 3.30. The van der Waals surface area contributed by atoms with E-state index in [2.05, 4.69) is 23.3 Å². The molecule has 1 heterocycles. The summed E-state index contributed by atoms with van der Waals surface area (Å²) in [5.74, 6) is 0.778. The van der Waals surface area contributed by atoms with Gasteiger partial charge >= 0.3 is 0 Å². The fourth-order valence-corrected chi connectivity index (χ4v) is 2.24. The first-order chi connectivity index (χ1) is 9.65. The van der Waals surface area contributed by atoms with Crippen LogP contribution in [0.1, 0.15) is 18.2 Å². The van der Waals surface area contributed by atoms with Crippen LogP contribution in [-0.2, 0) is 6.54 Å². The number of pyridine rings is 1. The lowest BCUT2D eigenvalue weighted by atomic mass is 10.1. The van der Waals surface area contributed by atoms with Crippen LogP contribution >= 0.6 is 11.6 Å². The number of ether oxygens (including phenoxy) is 1. The molecule has 20 heavy (non-hydrogen) atoms. The van der Waals surface area contributed by atoms with E-state index in [1.165, 1.54) is 5.56 Å². The van der Waals surface area contributed by atoms with Gasteiger partial charge in [-0.05, 0) is 43.3 Å². The maximum atomic E-state index is 6.07. The zero-order chi connectivity index (χ0) is 14.5. The molecule has 1 aromatic carbocycles. The van der Waals surface area contributed by atoms with E-state index in [-0.39, 0.29) is 0 Å². The third-order valence-corrected chi connectivity index (χ3v) is 3.43. The highest BCUT2D eigenvalue weighted by Gasteiger charge is 2.09. The highest BCUT2D eigenvalue weighted by molar-refractivity contribution is 6.30. The Kier molecular flexibility index (Phi) is 4.99. The second kappa shape index (κ2) is 6.73. The van der Waals surface area contributed by atoms with Crippen molar-refractivity contribution in [2.45, 2.75) is 20.4 Å². The molecule has 0 bridgehead atoms. The highest BCUT2D eigenvalue weighted by atomic mass is 35.5. The van der Waals surface area contributed by atoms with Crippen LogP contribution in [0.15, 0.2) is 30.3 Å². The van der Waals surface area contributed by atoms with Gasteiger partial charge in [0, 0.05) is 22.8 Å². The van der Waals surface area contributed by atoms with E-state index in [4.69, 9.17) is 16.3 Å². The topological polar surface area (TPSA) is 34.1 Å². The Morgan fingerprint density at radius 2 is 2.05 bits per heavy atom. The number of nitrogens with one attached hydrogen (secondary N) is 1. The van der Waals surface area contributed by atoms with Crippen molar-refractivity contribution in [3.05, 3.63) is 46.6 Å². The predicted molar refractivity (Wildman–Crippen MR) is 83.4 cm³/mol. The quantitative estimate of drug-likeness (QED) is 0.909. The van der Waals surface area contributed by atoms with Crippen molar-refractivity contribution in [1.82, 2.24) is 10.3 Å². The van der Waals surface area contributed by atoms with Crippen molar-refractivity contribution in [1.29, 1.82) is 0 Å². The summed E-state index contributed by atoms with van der Waals surface area (Å²) in [6.07, 6.45) is 0. The number of nitrogens with zero attached hydrogens (tertiary/aromatic N) is 1. The van der Waals surface area contributed by atoms with Crippen LogP contribution in [0.5, 0.6) is 5.75 Å². The van der Waals surface area contributed by atoms with Crippen LogP contribution < -0.4 is 10.1 Å². The lowest BCUT2D eigenvalue weighted by Crippen LogP contribution is -2.13. The molecule has 0 aliphatic carbocycles. The van der Waals surface area contributed by atoms with Gasteiger partial charge in [0.05, 0.1) is 12.8 Å². The molecular formula is C16H19ClN2O. The molecule has 4 heteroatoms. The molecule has 1 aromatic heterocycles. The number of aryl methyl sites for hydroxylation is 1. The van der Waals surface area contributed by atoms with Crippen LogP contribution in [0.3, 0.4) is 0 Å². The minimum atomic E-state index is 0.678. The zero-order valence-electron chi connectivity index (χ0n) is 12.0. The summed E-state index contributed by atoms with van der Waals surface area (Å²) >= 11 is 6.07. The van der Waals surface area contributed by atoms with Gasteiger partial charge in [-0.1, -0.05) is 24.6 Å². The highest BCUT2D eigenvalue weighted by Crippen LogP contribution is 2.31. The largest absolute Gasteiger partial charge is 0.496 e. The Morgan fingerprint density at radius 1 is 1.25 bits per heavy atom. The molecule has 0 saturated heterocycles. The fraction of sp³-hybridized carbons (Fsp3) is 0.312. The zero-order valence-corrected chi connectivity index (χ0v) is 12.8. The number of halogens is 1. The molecule has 0 aliphatic heterocycles. The van der Waals surface area contributed by atoms with Crippen molar-refractivity contribution in [3.8, 4) is 17.0 Å². The van der Waals surface area contributed by atoms with Gasteiger partial charge in [-0.15, -0.1) is 0 Å². The van der Waals surface area contributed by atoms with Crippen LogP contribution in [0.25, 0.3) is 11.3 Å². The number of aromatic nitrogens is 1. The first kappa shape index (κ1) is 14.8. The molecule has 106 valence electrons. The van der Waals surface area contributed by atoms with Gasteiger partial charge in [0.15, 0.2) is 0 Å². The van der Waals surface area contributed by atoms with E-state index < -0.39 is 0 Å². The molecule has 0 saturated carbocycles. The maximum Gasteiger partial charge on any atom is 0.128 e. The van der Waals surface area contributed by atoms with Gasteiger partial charge in [0.2, 0.25) is 0 Å². The van der Waals surface area contributed by atoms with Crippen LogP contribution in [0.2, 0.25) is 5.02 Å². The van der Waals surface area contributed by atoms with Gasteiger partial charge < -0.3 is 10.1 Å². The Morgan fingerprint density at radius 3 is 2.70 bits per heavy atom. The van der Waals surface area contributed by atoms with Gasteiger partial charge in [0.1, 0.15) is 5.75 Å². The number of benzene rings is 1. The van der Waals surface area contributed by atoms with Crippen LogP contribution in [-0.4, -0.2) is 18.6 Å². The van der Waals surface area contributed by atoms with Crippen LogP contribution in [0.4, 0.5) is 0 Å².